The number of aryl methyl sites for hydroxylation is 1. The van der Waals surface area contributed by atoms with E-state index in [1.165, 1.54) is 6.07 Å². The Kier molecular flexibility index (Phi) is 3.75. The molecule has 1 heterocycles. The molecule has 0 unspecified atom stereocenters. The van der Waals surface area contributed by atoms with Crippen molar-refractivity contribution in [2.75, 3.05) is 6.54 Å². The summed E-state index contributed by atoms with van der Waals surface area (Å²) in [7, 11) is -3.66. The van der Waals surface area contributed by atoms with Gasteiger partial charge < -0.3 is 5.11 Å². The molecule has 0 aliphatic heterocycles. The van der Waals surface area contributed by atoms with E-state index in [4.69, 9.17) is 5.11 Å². The highest BCUT2D eigenvalue weighted by Crippen LogP contribution is 2.68. The Morgan fingerprint density at radius 2 is 1.86 bits per heavy atom. The van der Waals surface area contributed by atoms with Crippen molar-refractivity contribution in [1.82, 2.24) is 4.72 Å². The van der Waals surface area contributed by atoms with E-state index in [9.17, 15) is 13.2 Å². The van der Waals surface area contributed by atoms with Gasteiger partial charge in [0.2, 0.25) is 10.0 Å². The van der Waals surface area contributed by atoms with Gasteiger partial charge in [-0.05, 0) is 29.7 Å². The van der Waals surface area contributed by atoms with Gasteiger partial charge in [0.25, 0.3) is 0 Å². The number of aromatic carboxylic acids is 1. The molecular formula is C14H21NO4S2. The molecule has 0 bridgehead atoms. The van der Waals surface area contributed by atoms with Gasteiger partial charge in [-0.15, -0.1) is 11.3 Å². The van der Waals surface area contributed by atoms with Gasteiger partial charge >= 0.3 is 5.97 Å². The van der Waals surface area contributed by atoms with Gasteiger partial charge in [0.15, 0.2) is 0 Å². The normalized spacial score (nSPS) is 20.4. The summed E-state index contributed by atoms with van der Waals surface area (Å²) in [6.45, 7) is 10.5. The van der Waals surface area contributed by atoms with E-state index in [2.05, 4.69) is 32.4 Å². The predicted octanol–water partition coefficient (Wildman–Crippen LogP) is 2.72. The Labute approximate surface area is 129 Å². The lowest BCUT2D eigenvalue weighted by atomic mass is 10.0. The molecule has 1 aromatic rings. The lowest BCUT2D eigenvalue weighted by Crippen LogP contribution is -2.27. The van der Waals surface area contributed by atoms with Crippen molar-refractivity contribution in [1.29, 1.82) is 0 Å². The Morgan fingerprint density at radius 3 is 2.24 bits per heavy atom. The smallest absolute Gasteiger partial charge is 0.345 e. The molecule has 7 heteroatoms. The lowest BCUT2D eigenvalue weighted by Gasteiger charge is -2.07. The maximum absolute atomic E-state index is 12.3. The van der Waals surface area contributed by atoms with Crippen LogP contribution >= 0.6 is 11.3 Å². The maximum atomic E-state index is 12.3. The fourth-order valence-corrected chi connectivity index (χ4v) is 5.43. The van der Waals surface area contributed by atoms with E-state index in [1.807, 2.05) is 0 Å². The zero-order valence-corrected chi connectivity index (χ0v) is 14.5. The van der Waals surface area contributed by atoms with Crippen LogP contribution in [0, 0.1) is 23.7 Å². The number of carbonyl (C=O) groups is 1. The molecule has 0 amide bonds. The first kappa shape index (κ1) is 16.5. The second-order valence-electron chi connectivity index (χ2n) is 6.68. The summed E-state index contributed by atoms with van der Waals surface area (Å²) in [5.41, 5.74) is 0.205. The molecule has 0 saturated heterocycles. The van der Waals surface area contributed by atoms with Crippen molar-refractivity contribution in [2.24, 2.45) is 16.7 Å². The largest absolute Gasteiger partial charge is 0.477 e. The minimum Gasteiger partial charge on any atom is -0.477 e. The molecule has 0 aromatic carbocycles. The SMILES string of the molecule is Cc1sc(C(=O)O)cc1S(=O)(=O)NCC1C(C)(C)C1(C)C. The number of sulfonamides is 1. The number of thiophene rings is 1. The van der Waals surface area contributed by atoms with Crippen LogP contribution in [-0.4, -0.2) is 26.0 Å². The summed E-state index contributed by atoms with van der Waals surface area (Å²) in [5.74, 6) is -0.827. The summed E-state index contributed by atoms with van der Waals surface area (Å²) in [4.78, 5) is 11.5. The summed E-state index contributed by atoms with van der Waals surface area (Å²) in [6.07, 6.45) is 0. The Morgan fingerprint density at radius 1 is 1.33 bits per heavy atom. The lowest BCUT2D eigenvalue weighted by molar-refractivity contribution is 0.0702. The third kappa shape index (κ3) is 2.62. The van der Waals surface area contributed by atoms with E-state index in [0.717, 1.165) is 11.3 Å². The summed E-state index contributed by atoms with van der Waals surface area (Å²) < 4.78 is 27.3. The van der Waals surface area contributed by atoms with Crippen LogP contribution in [-0.2, 0) is 10.0 Å². The quantitative estimate of drug-likeness (QED) is 0.869. The molecule has 2 N–H and O–H groups in total. The van der Waals surface area contributed by atoms with Crippen LogP contribution in [0.5, 0.6) is 0 Å². The molecule has 1 fully saturated rings. The second-order valence-corrected chi connectivity index (χ2v) is 9.68. The van der Waals surface area contributed by atoms with E-state index in [-0.39, 0.29) is 26.5 Å². The van der Waals surface area contributed by atoms with Gasteiger partial charge in [-0.1, -0.05) is 27.7 Å². The number of rotatable bonds is 5. The minimum absolute atomic E-state index is 0.0416. The van der Waals surface area contributed by atoms with Crippen molar-refractivity contribution >= 4 is 27.3 Å². The van der Waals surface area contributed by atoms with Crippen LogP contribution in [0.3, 0.4) is 0 Å². The highest BCUT2D eigenvalue weighted by atomic mass is 32.2. The Bertz CT molecular complexity index is 672. The molecule has 1 aliphatic rings. The molecule has 0 radical (unpaired) electrons. The molecule has 1 aliphatic carbocycles. The first-order valence-corrected chi connectivity index (χ1v) is 9.04. The van der Waals surface area contributed by atoms with Crippen LogP contribution in [0.2, 0.25) is 0 Å². The van der Waals surface area contributed by atoms with Crippen LogP contribution in [0.4, 0.5) is 0 Å². The maximum Gasteiger partial charge on any atom is 0.345 e. The fraction of sp³-hybridized carbons (Fsp3) is 0.643. The van der Waals surface area contributed by atoms with Gasteiger partial charge in [-0.2, -0.15) is 0 Å². The number of nitrogens with one attached hydrogen (secondary N) is 1. The fourth-order valence-electron chi connectivity index (χ4n) is 2.95. The van der Waals surface area contributed by atoms with E-state index >= 15 is 0 Å². The molecule has 0 spiro atoms. The third-order valence-corrected chi connectivity index (χ3v) is 7.89. The van der Waals surface area contributed by atoms with Crippen molar-refractivity contribution in [3.05, 3.63) is 15.8 Å². The molecular weight excluding hydrogens is 310 g/mol. The van der Waals surface area contributed by atoms with Crippen molar-refractivity contribution in [3.63, 3.8) is 0 Å². The van der Waals surface area contributed by atoms with Gasteiger partial charge in [-0.25, -0.2) is 17.9 Å². The van der Waals surface area contributed by atoms with E-state index < -0.39 is 16.0 Å². The van der Waals surface area contributed by atoms with Crippen LogP contribution in [0.1, 0.15) is 42.2 Å². The summed E-state index contributed by atoms with van der Waals surface area (Å²) >= 11 is 0.980. The number of carboxylic acids is 1. The van der Waals surface area contributed by atoms with Gasteiger partial charge in [0.1, 0.15) is 4.88 Å². The standard InChI is InChI=1S/C14H21NO4S2/c1-8-10(6-9(20-8)12(16)17)21(18,19)15-7-11-13(2,3)14(11,4)5/h6,11,15H,7H2,1-5H3,(H,16,17). The zero-order chi connectivity index (χ0) is 16.2. The first-order chi connectivity index (χ1) is 9.41. The molecule has 21 heavy (non-hydrogen) atoms. The molecule has 118 valence electrons. The predicted molar refractivity (Wildman–Crippen MR) is 82.3 cm³/mol. The summed E-state index contributed by atoms with van der Waals surface area (Å²) in [6, 6.07) is 1.23. The molecule has 1 aromatic heterocycles. The van der Waals surface area contributed by atoms with E-state index in [1.54, 1.807) is 6.92 Å². The zero-order valence-electron chi connectivity index (χ0n) is 12.9. The monoisotopic (exact) mass is 331 g/mol. The highest BCUT2D eigenvalue weighted by Gasteiger charge is 2.64. The number of hydrogen-bond acceptors (Lipinski definition) is 4. The van der Waals surface area contributed by atoms with E-state index in [0.29, 0.717) is 11.4 Å². The molecule has 0 atom stereocenters. The molecule has 1 saturated carbocycles. The summed E-state index contributed by atoms with van der Waals surface area (Å²) in [5, 5.41) is 8.95. The molecule has 5 nitrogen and oxygen atoms in total. The average Bonchev–Trinajstić information content (AvgIpc) is 2.63. The molecule has 2 rings (SSSR count). The van der Waals surface area contributed by atoms with Gasteiger partial charge in [0.05, 0.1) is 4.90 Å². The highest BCUT2D eigenvalue weighted by molar-refractivity contribution is 7.89. The van der Waals surface area contributed by atoms with Crippen LogP contribution < -0.4 is 4.72 Å². The van der Waals surface area contributed by atoms with Gasteiger partial charge in [-0.3, -0.25) is 0 Å². The van der Waals surface area contributed by atoms with Crippen molar-refractivity contribution in [3.8, 4) is 0 Å². The first-order valence-electron chi connectivity index (χ1n) is 6.74. The third-order valence-electron chi connectivity index (χ3n) is 5.17. The topological polar surface area (TPSA) is 83.5 Å². The Hall–Kier alpha value is -0.920. The van der Waals surface area contributed by atoms with Crippen LogP contribution in [0.25, 0.3) is 0 Å². The van der Waals surface area contributed by atoms with Gasteiger partial charge in [0, 0.05) is 11.4 Å². The van der Waals surface area contributed by atoms with Crippen LogP contribution in [0.15, 0.2) is 11.0 Å². The number of hydrogen-bond donors (Lipinski definition) is 2. The number of carboxylic acid groups (broad SMARTS) is 1. The second kappa shape index (κ2) is 4.79. The Balaban J connectivity index is 2.15. The van der Waals surface area contributed by atoms with Crippen molar-refractivity contribution in [2.45, 2.75) is 39.5 Å². The minimum atomic E-state index is -3.66. The van der Waals surface area contributed by atoms with Crippen molar-refractivity contribution < 1.29 is 18.3 Å². The average molecular weight is 331 g/mol.